The average molecular weight is 261 g/mol. The Hall–Kier alpha value is 0. The maximum atomic E-state index is 2.30. The molecule has 0 amide bonds. The second kappa shape index (κ2) is 30.2. The van der Waals surface area contributed by atoms with Gasteiger partial charge in [0.15, 0.2) is 0 Å². The Bertz CT molecular complexity index is 78.0. The van der Waals surface area contributed by atoms with Crippen LogP contribution in [0.1, 0.15) is 114 Å². The zero-order valence-electron chi connectivity index (χ0n) is 13.9. The van der Waals surface area contributed by atoms with E-state index in [0.29, 0.717) is 0 Å². The van der Waals surface area contributed by atoms with E-state index in [-0.39, 0.29) is 7.43 Å². The molecule has 0 saturated heterocycles. The number of rotatable bonds is 8. The molecule has 0 heterocycles. The van der Waals surface area contributed by atoms with Gasteiger partial charge in [-0.25, -0.2) is 0 Å². The average Bonchev–Trinajstić information content (AvgIpc) is 2.41. The van der Waals surface area contributed by atoms with Gasteiger partial charge in [-0.3, -0.25) is 0 Å². The minimum absolute atomic E-state index is 0. The molecule has 0 radical (unpaired) electrons. The largest absolute Gasteiger partial charge is 0.0776 e. The highest BCUT2D eigenvalue weighted by Gasteiger charge is 2.00. The summed E-state index contributed by atoms with van der Waals surface area (Å²) in [6.45, 7) is 15.3. The summed E-state index contributed by atoms with van der Waals surface area (Å²) in [6.07, 6.45) is 12.5. The summed E-state index contributed by atoms with van der Waals surface area (Å²) in [5.41, 5.74) is 0. The fraction of sp³-hybridized carbons (Fsp3) is 1.00. The van der Waals surface area contributed by atoms with Gasteiger partial charge in [0.1, 0.15) is 0 Å². The van der Waals surface area contributed by atoms with Crippen LogP contribution < -0.4 is 0 Å². The molecule has 0 saturated carbocycles. The highest BCUT2D eigenvalue weighted by Crippen LogP contribution is 2.15. The lowest BCUT2D eigenvalue weighted by molar-refractivity contribution is 0.438. The summed E-state index contributed by atoms with van der Waals surface area (Å²) in [5.74, 6) is 1.00. The van der Waals surface area contributed by atoms with Gasteiger partial charge in [0.2, 0.25) is 0 Å². The Balaban J connectivity index is -0.0000000958. The fourth-order valence-corrected chi connectivity index (χ4v) is 1.69. The molecule has 0 aromatic carbocycles. The standard InChI is InChI=1S/C9H20.C6H14.C2H6.CH4/c1-4-7-8-9(5-2)6-3;1-3-5-6-4-2;1-2;/h9H,4-8H2,1-3H3;3-6H2,1-2H3;1-2H3;1H4. The van der Waals surface area contributed by atoms with Crippen molar-refractivity contribution in [3.63, 3.8) is 0 Å². The van der Waals surface area contributed by atoms with Gasteiger partial charge in [-0.1, -0.05) is 114 Å². The van der Waals surface area contributed by atoms with Gasteiger partial charge < -0.3 is 0 Å². The molecule has 0 bridgehead atoms. The molecule has 0 aliphatic rings. The second-order valence-electron chi connectivity index (χ2n) is 4.53. The van der Waals surface area contributed by atoms with Crippen LogP contribution in [0.3, 0.4) is 0 Å². The third-order valence-electron chi connectivity index (χ3n) is 3.08. The molecule has 0 aromatic heterocycles. The molecule has 0 aromatic rings. The van der Waals surface area contributed by atoms with Crippen LogP contribution in [0.5, 0.6) is 0 Å². The summed E-state index contributed by atoms with van der Waals surface area (Å²) >= 11 is 0. The first-order valence-corrected chi connectivity index (χ1v) is 8.26. The van der Waals surface area contributed by atoms with Gasteiger partial charge in [-0.2, -0.15) is 0 Å². The molecule has 116 valence electrons. The summed E-state index contributed by atoms with van der Waals surface area (Å²) < 4.78 is 0. The molecule has 0 atom stereocenters. The smallest absolute Gasteiger partial charge is 0.0420 e. The Morgan fingerprint density at radius 3 is 1.17 bits per heavy atom. The number of hydrogen-bond donors (Lipinski definition) is 0. The second-order valence-corrected chi connectivity index (χ2v) is 4.53. The van der Waals surface area contributed by atoms with Crippen LogP contribution in [-0.4, -0.2) is 0 Å². The molecule has 0 nitrogen and oxygen atoms in total. The van der Waals surface area contributed by atoms with Crippen LogP contribution in [0.4, 0.5) is 0 Å². The van der Waals surface area contributed by atoms with Crippen molar-refractivity contribution in [2.75, 3.05) is 0 Å². The molecular formula is C18H44. The normalized spacial score (nSPS) is 8.67. The Morgan fingerprint density at radius 1 is 0.611 bits per heavy atom. The van der Waals surface area contributed by atoms with E-state index < -0.39 is 0 Å². The first-order valence-electron chi connectivity index (χ1n) is 8.26. The zero-order chi connectivity index (χ0) is 13.9. The van der Waals surface area contributed by atoms with E-state index in [1.165, 1.54) is 57.8 Å². The van der Waals surface area contributed by atoms with Crippen molar-refractivity contribution in [2.45, 2.75) is 114 Å². The topological polar surface area (TPSA) is 0 Å². The monoisotopic (exact) mass is 260 g/mol. The summed E-state index contributed by atoms with van der Waals surface area (Å²) in [7, 11) is 0. The predicted octanol–water partition coefficient (Wildman–Crippen LogP) is 7.86. The van der Waals surface area contributed by atoms with Gasteiger partial charge in [0, 0.05) is 0 Å². The van der Waals surface area contributed by atoms with Crippen molar-refractivity contribution < 1.29 is 0 Å². The van der Waals surface area contributed by atoms with Gasteiger partial charge in [0.05, 0.1) is 0 Å². The molecular weight excluding hydrogens is 216 g/mol. The van der Waals surface area contributed by atoms with E-state index in [1.54, 1.807) is 0 Å². The summed E-state index contributed by atoms with van der Waals surface area (Å²) in [4.78, 5) is 0. The first-order chi connectivity index (χ1) is 8.26. The molecule has 0 unspecified atom stereocenters. The summed E-state index contributed by atoms with van der Waals surface area (Å²) in [6, 6.07) is 0. The van der Waals surface area contributed by atoms with Gasteiger partial charge >= 0.3 is 0 Å². The Morgan fingerprint density at radius 2 is 0.944 bits per heavy atom. The van der Waals surface area contributed by atoms with E-state index >= 15 is 0 Å². The van der Waals surface area contributed by atoms with E-state index in [4.69, 9.17) is 0 Å². The molecule has 0 aliphatic heterocycles. The van der Waals surface area contributed by atoms with Crippen molar-refractivity contribution >= 4 is 0 Å². The van der Waals surface area contributed by atoms with Crippen LogP contribution >= 0.6 is 0 Å². The quantitative estimate of drug-likeness (QED) is 0.390. The molecule has 0 heteroatoms. The minimum atomic E-state index is 0. The van der Waals surface area contributed by atoms with Gasteiger partial charge in [-0.05, 0) is 5.92 Å². The molecule has 0 fully saturated rings. The van der Waals surface area contributed by atoms with Gasteiger partial charge in [0.25, 0.3) is 0 Å². The fourth-order valence-electron chi connectivity index (χ4n) is 1.69. The maximum absolute atomic E-state index is 2.30. The van der Waals surface area contributed by atoms with Crippen LogP contribution in [0.25, 0.3) is 0 Å². The third kappa shape index (κ3) is 29.8. The lowest BCUT2D eigenvalue weighted by Gasteiger charge is -2.09. The minimum Gasteiger partial charge on any atom is -0.0776 e. The highest BCUT2D eigenvalue weighted by atomic mass is 14.1. The van der Waals surface area contributed by atoms with Crippen LogP contribution in [0.2, 0.25) is 0 Å². The zero-order valence-corrected chi connectivity index (χ0v) is 13.9. The van der Waals surface area contributed by atoms with Crippen molar-refractivity contribution in [3.05, 3.63) is 0 Å². The third-order valence-corrected chi connectivity index (χ3v) is 3.08. The van der Waals surface area contributed by atoms with Crippen molar-refractivity contribution in [1.82, 2.24) is 0 Å². The molecule has 0 rings (SSSR count). The van der Waals surface area contributed by atoms with E-state index in [0.717, 1.165) is 5.92 Å². The number of unbranched alkanes of at least 4 members (excludes halogenated alkanes) is 4. The first kappa shape index (κ1) is 26.5. The van der Waals surface area contributed by atoms with Crippen molar-refractivity contribution in [3.8, 4) is 0 Å². The molecule has 0 aliphatic carbocycles. The SMILES string of the molecule is C.CC.CCCCC(CC)CC.CCCCCC. The van der Waals surface area contributed by atoms with Crippen molar-refractivity contribution in [2.24, 2.45) is 5.92 Å². The Labute approximate surface area is 120 Å². The highest BCUT2D eigenvalue weighted by molar-refractivity contribution is 4.53. The Kier molecular flexibility index (Phi) is 44.6. The predicted molar refractivity (Wildman–Crippen MR) is 91.5 cm³/mol. The van der Waals surface area contributed by atoms with E-state index in [9.17, 15) is 0 Å². The maximum Gasteiger partial charge on any atom is -0.0420 e. The molecule has 0 spiro atoms. The van der Waals surface area contributed by atoms with E-state index in [1.807, 2.05) is 13.8 Å². The molecule has 0 N–H and O–H groups in total. The molecule has 18 heavy (non-hydrogen) atoms. The lowest BCUT2D eigenvalue weighted by atomic mass is 9.97. The van der Waals surface area contributed by atoms with Gasteiger partial charge in [-0.15, -0.1) is 0 Å². The van der Waals surface area contributed by atoms with Crippen LogP contribution in [0, 0.1) is 5.92 Å². The van der Waals surface area contributed by atoms with Crippen LogP contribution in [0.15, 0.2) is 0 Å². The van der Waals surface area contributed by atoms with E-state index in [2.05, 4.69) is 34.6 Å². The van der Waals surface area contributed by atoms with Crippen LogP contribution in [-0.2, 0) is 0 Å². The summed E-state index contributed by atoms with van der Waals surface area (Å²) in [5, 5.41) is 0. The number of hydrogen-bond acceptors (Lipinski definition) is 0. The van der Waals surface area contributed by atoms with Crippen molar-refractivity contribution in [1.29, 1.82) is 0 Å². The lowest BCUT2D eigenvalue weighted by Crippen LogP contribution is -1.95.